The lowest BCUT2D eigenvalue weighted by molar-refractivity contribution is 0.340. The molecule has 0 aliphatic rings. The second-order valence-corrected chi connectivity index (χ2v) is 3.94. The molecule has 0 saturated carbocycles. The van der Waals surface area contributed by atoms with Crippen molar-refractivity contribution in [2.24, 2.45) is 0 Å². The maximum absolute atomic E-state index is 5.75. The van der Waals surface area contributed by atoms with Crippen LogP contribution in [-0.2, 0) is 0 Å². The normalized spacial score (nSPS) is 10.6. The average molecular weight is 224 g/mol. The third kappa shape index (κ3) is 1.89. The van der Waals surface area contributed by atoms with Crippen molar-refractivity contribution in [3.63, 3.8) is 0 Å². The molecule has 0 bridgehead atoms. The van der Waals surface area contributed by atoms with Gasteiger partial charge >= 0.3 is 0 Å². The molecule has 2 heteroatoms. The van der Waals surface area contributed by atoms with E-state index in [0.717, 1.165) is 22.3 Å². The maximum Gasteiger partial charge on any atom is 0.290 e. The third-order valence-electron chi connectivity index (χ3n) is 2.68. The fourth-order valence-corrected chi connectivity index (χ4v) is 1.86. The topological polar surface area (TPSA) is 22.4 Å². The molecule has 0 N–H and O–H groups in total. The molecule has 0 spiro atoms. The molecule has 0 radical (unpaired) electrons. The molecule has 0 saturated heterocycles. The zero-order valence-corrected chi connectivity index (χ0v) is 9.51. The van der Waals surface area contributed by atoms with Crippen LogP contribution in [-0.4, -0.2) is 0 Å². The van der Waals surface area contributed by atoms with Crippen molar-refractivity contribution in [3.05, 3.63) is 60.4 Å². The fraction of sp³-hybridized carbons (Fsp3) is 0.0667. The van der Waals surface area contributed by atoms with Gasteiger partial charge in [0.2, 0.25) is 0 Å². The Labute approximate surface area is 99.4 Å². The highest BCUT2D eigenvalue weighted by atomic mass is 16.6. The molecule has 1 aromatic heterocycles. The first-order chi connectivity index (χ1) is 8.33. The highest BCUT2D eigenvalue weighted by molar-refractivity contribution is 5.88. The Kier molecular flexibility index (Phi) is 2.33. The molecule has 0 amide bonds. The monoisotopic (exact) mass is 224 g/mol. The Morgan fingerprint density at radius 2 is 1.71 bits per heavy atom. The van der Waals surface area contributed by atoms with Crippen LogP contribution >= 0.6 is 0 Å². The fourth-order valence-electron chi connectivity index (χ4n) is 1.86. The number of fused-ring (bicyclic) bond motifs is 1. The number of furan rings is 1. The van der Waals surface area contributed by atoms with Crippen molar-refractivity contribution in [2.75, 3.05) is 0 Å². The molecule has 0 aliphatic carbocycles. The summed E-state index contributed by atoms with van der Waals surface area (Å²) in [7, 11) is 0. The van der Waals surface area contributed by atoms with Crippen LogP contribution in [0.15, 0.2) is 59.0 Å². The van der Waals surface area contributed by atoms with E-state index in [4.69, 9.17) is 9.15 Å². The second-order valence-electron chi connectivity index (χ2n) is 3.94. The summed E-state index contributed by atoms with van der Waals surface area (Å²) < 4.78 is 11.2. The summed E-state index contributed by atoms with van der Waals surface area (Å²) in [6.07, 6.45) is 0. The van der Waals surface area contributed by atoms with E-state index in [9.17, 15) is 0 Å². The lowest BCUT2D eigenvalue weighted by Crippen LogP contribution is -1.83. The van der Waals surface area contributed by atoms with E-state index in [-0.39, 0.29) is 0 Å². The molecule has 1 heterocycles. The van der Waals surface area contributed by atoms with Crippen molar-refractivity contribution in [1.29, 1.82) is 0 Å². The number of benzene rings is 2. The first-order valence-electron chi connectivity index (χ1n) is 5.55. The van der Waals surface area contributed by atoms with Crippen molar-refractivity contribution in [2.45, 2.75) is 6.92 Å². The minimum atomic E-state index is 0.527. The van der Waals surface area contributed by atoms with Gasteiger partial charge in [0, 0.05) is 11.5 Å². The highest BCUT2D eigenvalue weighted by Crippen LogP contribution is 2.30. The lowest BCUT2D eigenvalue weighted by Gasteiger charge is -2.05. The lowest BCUT2D eigenvalue weighted by atomic mass is 10.1. The van der Waals surface area contributed by atoms with E-state index < -0.39 is 0 Å². The Morgan fingerprint density at radius 3 is 2.53 bits per heavy atom. The van der Waals surface area contributed by atoms with E-state index in [1.807, 2.05) is 49.4 Å². The van der Waals surface area contributed by atoms with Crippen LogP contribution in [0.2, 0.25) is 0 Å². The van der Waals surface area contributed by atoms with Gasteiger partial charge in [-0.2, -0.15) is 0 Å². The summed E-state index contributed by atoms with van der Waals surface area (Å²) in [5.74, 6) is 2.19. The molecule has 0 atom stereocenters. The molecule has 2 aromatic carbocycles. The zero-order valence-electron chi connectivity index (χ0n) is 9.51. The van der Waals surface area contributed by atoms with Crippen molar-refractivity contribution < 1.29 is 9.15 Å². The van der Waals surface area contributed by atoms with Crippen LogP contribution < -0.4 is 4.74 Å². The Hall–Kier alpha value is -2.22. The van der Waals surface area contributed by atoms with Gasteiger partial charge < -0.3 is 9.15 Å². The summed E-state index contributed by atoms with van der Waals surface area (Å²) >= 11 is 0. The standard InChI is InChI=1S/C15H12O2/c1-11-9-10-15(16-11)17-14-8-4-6-12-5-2-3-7-13(12)14/h2-10H,1H3. The van der Waals surface area contributed by atoms with Crippen molar-refractivity contribution >= 4 is 10.8 Å². The Balaban J connectivity index is 2.05. The zero-order chi connectivity index (χ0) is 11.7. The molecular weight excluding hydrogens is 212 g/mol. The van der Waals surface area contributed by atoms with Gasteiger partial charge in [-0.1, -0.05) is 36.4 Å². The van der Waals surface area contributed by atoms with Crippen molar-refractivity contribution in [3.8, 4) is 11.7 Å². The largest absolute Gasteiger partial charge is 0.431 e. The van der Waals surface area contributed by atoms with Gasteiger partial charge in [0.05, 0.1) is 0 Å². The first kappa shape index (κ1) is 9.97. The van der Waals surface area contributed by atoms with E-state index in [1.165, 1.54) is 0 Å². The van der Waals surface area contributed by atoms with Crippen LogP contribution in [0.4, 0.5) is 0 Å². The Morgan fingerprint density at radius 1 is 0.882 bits per heavy atom. The smallest absolute Gasteiger partial charge is 0.290 e. The van der Waals surface area contributed by atoms with Crippen LogP contribution in [0, 0.1) is 6.92 Å². The van der Waals surface area contributed by atoms with Gasteiger partial charge in [-0.15, -0.1) is 0 Å². The number of ether oxygens (including phenoxy) is 1. The van der Waals surface area contributed by atoms with E-state index in [1.54, 1.807) is 0 Å². The number of rotatable bonds is 2. The number of aryl methyl sites for hydroxylation is 1. The van der Waals surface area contributed by atoms with Crippen LogP contribution in [0.25, 0.3) is 10.8 Å². The van der Waals surface area contributed by atoms with Crippen LogP contribution in [0.5, 0.6) is 11.7 Å². The van der Waals surface area contributed by atoms with Gasteiger partial charge in [0.15, 0.2) is 0 Å². The molecule has 0 aliphatic heterocycles. The SMILES string of the molecule is Cc1ccc(Oc2cccc3ccccc23)o1. The molecule has 3 aromatic rings. The van der Waals surface area contributed by atoms with Crippen LogP contribution in [0.3, 0.4) is 0 Å². The van der Waals surface area contributed by atoms with Gasteiger partial charge in [0.25, 0.3) is 5.95 Å². The maximum atomic E-state index is 5.75. The molecule has 17 heavy (non-hydrogen) atoms. The minimum absolute atomic E-state index is 0.527. The molecule has 84 valence electrons. The minimum Gasteiger partial charge on any atom is -0.431 e. The number of hydrogen-bond donors (Lipinski definition) is 0. The second kappa shape index (κ2) is 3.98. The summed E-state index contributed by atoms with van der Waals surface area (Å²) in [6, 6.07) is 17.8. The predicted molar refractivity (Wildman–Crippen MR) is 67.5 cm³/mol. The molecule has 2 nitrogen and oxygen atoms in total. The molecular formula is C15H12O2. The van der Waals surface area contributed by atoms with Gasteiger partial charge in [-0.25, -0.2) is 0 Å². The molecule has 3 rings (SSSR count). The van der Waals surface area contributed by atoms with Gasteiger partial charge in [-0.3, -0.25) is 0 Å². The van der Waals surface area contributed by atoms with Gasteiger partial charge in [0.1, 0.15) is 11.5 Å². The first-order valence-corrected chi connectivity index (χ1v) is 5.55. The third-order valence-corrected chi connectivity index (χ3v) is 2.68. The van der Waals surface area contributed by atoms with E-state index in [0.29, 0.717) is 5.95 Å². The van der Waals surface area contributed by atoms with Crippen molar-refractivity contribution in [1.82, 2.24) is 0 Å². The van der Waals surface area contributed by atoms with E-state index >= 15 is 0 Å². The van der Waals surface area contributed by atoms with Gasteiger partial charge in [-0.05, 0) is 24.4 Å². The average Bonchev–Trinajstić information content (AvgIpc) is 2.75. The predicted octanol–water partition coefficient (Wildman–Crippen LogP) is 4.53. The van der Waals surface area contributed by atoms with Crippen LogP contribution in [0.1, 0.15) is 5.76 Å². The highest BCUT2D eigenvalue weighted by Gasteiger charge is 2.05. The summed E-state index contributed by atoms with van der Waals surface area (Å²) in [4.78, 5) is 0. The summed E-state index contributed by atoms with van der Waals surface area (Å²) in [5.41, 5.74) is 0. The Bertz CT molecular complexity index is 647. The quantitative estimate of drug-likeness (QED) is 0.638. The summed E-state index contributed by atoms with van der Waals surface area (Å²) in [5, 5.41) is 2.25. The molecule has 0 fully saturated rings. The van der Waals surface area contributed by atoms with E-state index in [2.05, 4.69) is 12.1 Å². The number of hydrogen-bond acceptors (Lipinski definition) is 2. The summed E-state index contributed by atoms with van der Waals surface area (Å²) in [6.45, 7) is 1.90. The molecule has 0 unspecified atom stereocenters.